The second-order valence-corrected chi connectivity index (χ2v) is 6.07. The SMILES string of the molecule is O=C(CN1C(=O)c2ccc([N+](=O)[O-])cc2C1=O)Nc1ccccc1Br. The van der Waals surface area contributed by atoms with Gasteiger partial charge in [0.05, 0.1) is 21.7 Å². The van der Waals surface area contributed by atoms with Gasteiger partial charge in [0.15, 0.2) is 0 Å². The molecular formula is C16H10BrN3O5. The molecule has 1 aliphatic heterocycles. The maximum absolute atomic E-state index is 12.3. The fourth-order valence-corrected chi connectivity index (χ4v) is 2.82. The molecule has 8 nitrogen and oxygen atoms in total. The standard InChI is InChI=1S/C16H10BrN3O5/c17-12-3-1-2-4-13(12)18-14(21)8-19-15(22)10-6-5-9(20(24)25)7-11(10)16(19)23/h1-7H,8H2,(H,18,21). The molecule has 0 saturated carbocycles. The maximum atomic E-state index is 12.3. The van der Waals surface area contributed by atoms with Crippen molar-refractivity contribution in [3.05, 3.63) is 68.2 Å². The zero-order chi connectivity index (χ0) is 18.1. The molecule has 0 bridgehead atoms. The van der Waals surface area contributed by atoms with Crippen LogP contribution >= 0.6 is 15.9 Å². The number of imide groups is 1. The van der Waals surface area contributed by atoms with E-state index in [-0.39, 0.29) is 16.8 Å². The first-order valence-corrected chi connectivity index (χ1v) is 7.87. The quantitative estimate of drug-likeness (QED) is 0.479. The van der Waals surface area contributed by atoms with Crippen molar-refractivity contribution in [2.24, 2.45) is 0 Å². The van der Waals surface area contributed by atoms with Crippen LogP contribution in [0.15, 0.2) is 46.9 Å². The molecule has 0 unspecified atom stereocenters. The molecule has 2 aromatic rings. The number of amides is 3. The summed E-state index contributed by atoms with van der Waals surface area (Å²) in [5.41, 5.74) is 0.177. The third kappa shape index (κ3) is 3.13. The van der Waals surface area contributed by atoms with Gasteiger partial charge in [0.1, 0.15) is 6.54 Å². The Morgan fingerprint density at radius 3 is 2.48 bits per heavy atom. The molecule has 2 aromatic carbocycles. The highest BCUT2D eigenvalue weighted by Crippen LogP contribution is 2.27. The Morgan fingerprint density at radius 1 is 1.12 bits per heavy atom. The van der Waals surface area contributed by atoms with Crippen LogP contribution in [-0.4, -0.2) is 34.1 Å². The van der Waals surface area contributed by atoms with Crippen molar-refractivity contribution in [1.82, 2.24) is 4.90 Å². The molecule has 0 saturated heterocycles. The molecule has 0 aliphatic carbocycles. The van der Waals surface area contributed by atoms with Crippen LogP contribution in [0.1, 0.15) is 20.7 Å². The predicted octanol–water partition coefficient (Wildman–Crippen LogP) is 2.59. The third-order valence-electron chi connectivity index (χ3n) is 3.61. The van der Waals surface area contributed by atoms with Crippen LogP contribution < -0.4 is 5.32 Å². The highest BCUT2D eigenvalue weighted by Gasteiger charge is 2.37. The monoisotopic (exact) mass is 403 g/mol. The third-order valence-corrected chi connectivity index (χ3v) is 4.31. The largest absolute Gasteiger partial charge is 0.324 e. The van der Waals surface area contributed by atoms with E-state index in [1.165, 1.54) is 6.07 Å². The molecular weight excluding hydrogens is 394 g/mol. The Morgan fingerprint density at radius 2 is 1.80 bits per heavy atom. The zero-order valence-corrected chi connectivity index (χ0v) is 14.1. The second-order valence-electron chi connectivity index (χ2n) is 5.21. The summed E-state index contributed by atoms with van der Waals surface area (Å²) in [6, 6.07) is 10.3. The van der Waals surface area contributed by atoms with Crippen LogP contribution in [0.3, 0.4) is 0 Å². The smallest absolute Gasteiger partial charge is 0.270 e. The number of carbonyl (C=O) groups is 3. The molecule has 3 amide bonds. The molecule has 3 rings (SSSR count). The number of rotatable bonds is 4. The number of benzene rings is 2. The number of non-ortho nitro benzene ring substituents is 1. The van der Waals surface area contributed by atoms with E-state index < -0.39 is 29.2 Å². The first-order valence-electron chi connectivity index (χ1n) is 7.07. The molecule has 0 aromatic heterocycles. The summed E-state index contributed by atoms with van der Waals surface area (Å²) in [5, 5.41) is 13.4. The minimum Gasteiger partial charge on any atom is -0.324 e. The summed E-state index contributed by atoms with van der Waals surface area (Å²) in [4.78, 5) is 47.7. The molecule has 9 heteroatoms. The van der Waals surface area contributed by atoms with E-state index in [9.17, 15) is 24.5 Å². The Hall–Kier alpha value is -3.07. The van der Waals surface area contributed by atoms with Gasteiger partial charge in [-0.1, -0.05) is 12.1 Å². The van der Waals surface area contributed by atoms with Crippen LogP contribution in [0.25, 0.3) is 0 Å². The van der Waals surface area contributed by atoms with Crippen LogP contribution in [-0.2, 0) is 4.79 Å². The van der Waals surface area contributed by atoms with E-state index in [4.69, 9.17) is 0 Å². The summed E-state index contributed by atoms with van der Waals surface area (Å²) in [6.07, 6.45) is 0. The molecule has 0 atom stereocenters. The van der Waals surface area contributed by atoms with Gasteiger partial charge >= 0.3 is 0 Å². The minimum atomic E-state index is -0.731. The zero-order valence-electron chi connectivity index (χ0n) is 12.6. The van der Waals surface area contributed by atoms with Gasteiger partial charge in [-0.25, -0.2) is 0 Å². The molecule has 0 radical (unpaired) electrons. The van der Waals surface area contributed by atoms with Gasteiger partial charge in [0, 0.05) is 16.6 Å². The van der Waals surface area contributed by atoms with Crippen LogP contribution in [0, 0.1) is 10.1 Å². The number of nitrogens with zero attached hydrogens (tertiary/aromatic N) is 2. The fourth-order valence-electron chi connectivity index (χ4n) is 2.43. The summed E-state index contributed by atoms with van der Waals surface area (Å²) >= 11 is 3.28. The molecule has 25 heavy (non-hydrogen) atoms. The lowest BCUT2D eigenvalue weighted by molar-refractivity contribution is -0.384. The van der Waals surface area contributed by atoms with E-state index in [0.717, 1.165) is 17.0 Å². The van der Waals surface area contributed by atoms with Gasteiger partial charge in [-0.3, -0.25) is 29.4 Å². The summed E-state index contributed by atoms with van der Waals surface area (Å²) in [5.74, 6) is -1.95. The summed E-state index contributed by atoms with van der Waals surface area (Å²) in [6.45, 7) is -0.485. The van der Waals surface area contributed by atoms with Crippen molar-refractivity contribution >= 4 is 45.0 Å². The Balaban J connectivity index is 1.79. The maximum Gasteiger partial charge on any atom is 0.270 e. The average molecular weight is 404 g/mol. The van der Waals surface area contributed by atoms with Crippen molar-refractivity contribution < 1.29 is 19.3 Å². The molecule has 0 fully saturated rings. The van der Waals surface area contributed by atoms with Gasteiger partial charge in [-0.05, 0) is 34.1 Å². The lowest BCUT2D eigenvalue weighted by Gasteiger charge is -2.14. The van der Waals surface area contributed by atoms with Crippen molar-refractivity contribution in [1.29, 1.82) is 0 Å². The van der Waals surface area contributed by atoms with Crippen molar-refractivity contribution in [3.8, 4) is 0 Å². The van der Waals surface area contributed by atoms with Crippen LogP contribution in [0.2, 0.25) is 0 Å². The number of para-hydroxylation sites is 1. The molecule has 1 heterocycles. The van der Waals surface area contributed by atoms with E-state index in [1.54, 1.807) is 24.3 Å². The van der Waals surface area contributed by atoms with Gasteiger partial charge in [-0.15, -0.1) is 0 Å². The number of hydrogen-bond donors (Lipinski definition) is 1. The lowest BCUT2D eigenvalue weighted by Crippen LogP contribution is -2.37. The van der Waals surface area contributed by atoms with E-state index >= 15 is 0 Å². The molecule has 1 aliphatic rings. The normalized spacial score (nSPS) is 12.9. The number of fused-ring (bicyclic) bond motifs is 1. The average Bonchev–Trinajstić information content (AvgIpc) is 2.81. The molecule has 0 spiro atoms. The molecule has 126 valence electrons. The predicted molar refractivity (Wildman–Crippen MR) is 91.2 cm³/mol. The lowest BCUT2D eigenvalue weighted by atomic mass is 10.1. The van der Waals surface area contributed by atoms with Gasteiger partial charge in [0.2, 0.25) is 5.91 Å². The fraction of sp³-hybridized carbons (Fsp3) is 0.0625. The Kier molecular flexibility index (Phi) is 4.32. The van der Waals surface area contributed by atoms with Crippen molar-refractivity contribution in [3.63, 3.8) is 0 Å². The van der Waals surface area contributed by atoms with Crippen molar-refractivity contribution in [2.45, 2.75) is 0 Å². The van der Waals surface area contributed by atoms with Crippen LogP contribution in [0.5, 0.6) is 0 Å². The number of nitrogens with one attached hydrogen (secondary N) is 1. The summed E-state index contributed by atoms with van der Waals surface area (Å²) < 4.78 is 0.654. The van der Waals surface area contributed by atoms with Gasteiger partial charge < -0.3 is 5.32 Å². The van der Waals surface area contributed by atoms with Crippen molar-refractivity contribution in [2.75, 3.05) is 11.9 Å². The second kappa shape index (κ2) is 6.44. The summed E-state index contributed by atoms with van der Waals surface area (Å²) in [7, 11) is 0. The topological polar surface area (TPSA) is 110 Å². The Labute approximate surface area is 149 Å². The van der Waals surface area contributed by atoms with E-state index in [1.807, 2.05) is 0 Å². The van der Waals surface area contributed by atoms with Gasteiger partial charge in [-0.2, -0.15) is 0 Å². The number of carbonyl (C=O) groups excluding carboxylic acids is 3. The number of nitro groups is 1. The highest BCUT2D eigenvalue weighted by atomic mass is 79.9. The van der Waals surface area contributed by atoms with E-state index in [0.29, 0.717) is 10.2 Å². The minimum absolute atomic E-state index is 0.0456. The first-order chi connectivity index (χ1) is 11.9. The first kappa shape index (κ1) is 16.8. The number of halogens is 1. The van der Waals surface area contributed by atoms with Crippen LogP contribution in [0.4, 0.5) is 11.4 Å². The molecule has 1 N–H and O–H groups in total. The number of nitro benzene ring substituents is 1. The Bertz CT molecular complexity index is 928. The number of hydrogen-bond acceptors (Lipinski definition) is 5. The van der Waals surface area contributed by atoms with E-state index in [2.05, 4.69) is 21.2 Å². The highest BCUT2D eigenvalue weighted by molar-refractivity contribution is 9.10. The number of anilines is 1. The van der Waals surface area contributed by atoms with Gasteiger partial charge in [0.25, 0.3) is 17.5 Å².